The van der Waals surface area contributed by atoms with Crippen molar-refractivity contribution < 1.29 is 9.53 Å². The van der Waals surface area contributed by atoms with Gasteiger partial charge < -0.3 is 4.74 Å². The van der Waals surface area contributed by atoms with E-state index in [4.69, 9.17) is 11.6 Å². The molecule has 0 aliphatic carbocycles. The van der Waals surface area contributed by atoms with E-state index in [1.165, 1.54) is 13.2 Å². The van der Waals surface area contributed by atoms with E-state index in [1.807, 2.05) is 26.0 Å². The number of carbonyl (C=O) groups excluding carboxylic acids is 1. The molecule has 19 heavy (non-hydrogen) atoms. The molecule has 0 radical (unpaired) electrons. The van der Waals surface area contributed by atoms with Crippen molar-refractivity contribution in [1.29, 1.82) is 0 Å². The summed E-state index contributed by atoms with van der Waals surface area (Å²) in [7, 11) is 1.33. The number of ether oxygens (including phenoxy) is 1. The Morgan fingerprint density at radius 2 is 2.05 bits per heavy atom. The SMILES string of the molecule is COC(=O)/C=C/c1cc2c(C)cc(C)cc2nc1Cl. The van der Waals surface area contributed by atoms with Gasteiger partial charge in [-0.15, -0.1) is 0 Å². The van der Waals surface area contributed by atoms with Gasteiger partial charge in [0, 0.05) is 17.0 Å². The zero-order chi connectivity index (χ0) is 14.0. The van der Waals surface area contributed by atoms with Gasteiger partial charge in [-0.25, -0.2) is 9.78 Å². The van der Waals surface area contributed by atoms with Crippen LogP contribution in [-0.2, 0) is 9.53 Å². The van der Waals surface area contributed by atoms with Crippen LogP contribution in [0.15, 0.2) is 24.3 Å². The summed E-state index contributed by atoms with van der Waals surface area (Å²) in [6.45, 7) is 4.05. The average molecular weight is 276 g/mol. The molecule has 0 fully saturated rings. The van der Waals surface area contributed by atoms with Crippen LogP contribution in [0.25, 0.3) is 17.0 Å². The maximum atomic E-state index is 11.1. The summed E-state index contributed by atoms with van der Waals surface area (Å²) in [6, 6.07) is 6.01. The number of nitrogens with zero attached hydrogens (tertiary/aromatic N) is 1. The third-order valence-corrected chi connectivity index (χ3v) is 3.17. The monoisotopic (exact) mass is 275 g/mol. The maximum absolute atomic E-state index is 11.1. The second kappa shape index (κ2) is 5.41. The quantitative estimate of drug-likeness (QED) is 0.477. The molecule has 2 rings (SSSR count). The summed E-state index contributed by atoms with van der Waals surface area (Å²) in [6.07, 6.45) is 2.94. The molecule has 2 aromatic rings. The highest BCUT2D eigenvalue weighted by atomic mass is 35.5. The fraction of sp³-hybridized carbons (Fsp3) is 0.200. The first-order valence-electron chi connectivity index (χ1n) is 5.85. The van der Waals surface area contributed by atoms with E-state index in [0.29, 0.717) is 10.7 Å². The van der Waals surface area contributed by atoms with E-state index >= 15 is 0 Å². The molecular formula is C15H14ClNO2. The van der Waals surface area contributed by atoms with Gasteiger partial charge in [-0.2, -0.15) is 0 Å². The Hall–Kier alpha value is -1.87. The predicted molar refractivity (Wildman–Crippen MR) is 77.3 cm³/mol. The van der Waals surface area contributed by atoms with Gasteiger partial charge in [-0.3, -0.25) is 0 Å². The van der Waals surface area contributed by atoms with Crippen LogP contribution in [-0.4, -0.2) is 18.1 Å². The lowest BCUT2D eigenvalue weighted by Crippen LogP contribution is -1.94. The molecule has 0 bridgehead atoms. The Balaban J connectivity index is 2.55. The van der Waals surface area contributed by atoms with Crippen LogP contribution in [0.1, 0.15) is 16.7 Å². The number of halogens is 1. The summed E-state index contributed by atoms with van der Waals surface area (Å²) in [5.41, 5.74) is 3.84. The van der Waals surface area contributed by atoms with E-state index in [0.717, 1.165) is 22.0 Å². The summed E-state index contributed by atoms with van der Waals surface area (Å²) in [5, 5.41) is 1.40. The second-order valence-corrected chi connectivity index (χ2v) is 4.73. The fourth-order valence-electron chi connectivity index (χ4n) is 1.96. The van der Waals surface area contributed by atoms with Gasteiger partial charge in [-0.1, -0.05) is 17.7 Å². The summed E-state index contributed by atoms with van der Waals surface area (Å²) < 4.78 is 4.55. The third-order valence-electron chi connectivity index (χ3n) is 2.87. The average Bonchev–Trinajstić information content (AvgIpc) is 2.36. The van der Waals surface area contributed by atoms with Crippen LogP contribution in [0.4, 0.5) is 0 Å². The number of hydrogen-bond acceptors (Lipinski definition) is 3. The van der Waals surface area contributed by atoms with Crippen molar-refractivity contribution in [3.63, 3.8) is 0 Å². The lowest BCUT2D eigenvalue weighted by atomic mass is 10.0. The molecular weight excluding hydrogens is 262 g/mol. The van der Waals surface area contributed by atoms with Crippen molar-refractivity contribution in [2.24, 2.45) is 0 Å². The van der Waals surface area contributed by atoms with E-state index in [2.05, 4.69) is 15.8 Å². The topological polar surface area (TPSA) is 39.2 Å². The zero-order valence-corrected chi connectivity index (χ0v) is 11.8. The Labute approximate surface area is 116 Å². The number of fused-ring (bicyclic) bond motifs is 1. The van der Waals surface area contributed by atoms with Crippen LogP contribution in [0.5, 0.6) is 0 Å². The summed E-state index contributed by atoms with van der Waals surface area (Å²) >= 11 is 6.12. The molecule has 0 aliphatic rings. The number of aryl methyl sites for hydroxylation is 2. The highest BCUT2D eigenvalue weighted by Gasteiger charge is 2.06. The molecule has 0 unspecified atom stereocenters. The summed E-state index contributed by atoms with van der Waals surface area (Å²) in [5.74, 6) is -0.420. The molecule has 0 aliphatic heterocycles. The highest BCUT2D eigenvalue weighted by molar-refractivity contribution is 6.31. The number of esters is 1. The van der Waals surface area contributed by atoms with Crippen LogP contribution in [0.3, 0.4) is 0 Å². The number of methoxy groups -OCH3 is 1. The number of aromatic nitrogens is 1. The molecule has 1 heterocycles. The molecule has 0 N–H and O–H groups in total. The van der Waals surface area contributed by atoms with Crippen LogP contribution in [0.2, 0.25) is 5.15 Å². The molecule has 0 spiro atoms. The molecule has 0 amide bonds. The van der Waals surface area contributed by atoms with E-state index < -0.39 is 5.97 Å². The Morgan fingerprint density at radius 1 is 1.32 bits per heavy atom. The van der Waals surface area contributed by atoms with Gasteiger partial charge in [0.15, 0.2) is 0 Å². The van der Waals surface area contributed by atoms with Crippen LogP contribution in [0, 0.1) is 13.8 Å². The Kier molecular flexibility index (Phi) is 3.86. The third kappa shape index (κ3) is 2.93. The van der Waals surface area contributed by atoms with Crippen molar-refractivity contribution in [3.8, 4) is 0 Å². The first-order chi connectivity index (χ1) is 9.01. The Bertz CT molecular complexity index is 677. The number of pyridine rings is 1. The number of carbonyl (C=O) groups is 1. The second-order valence-electron chi connectivity index (χ2n) is 4.37. The minimum absolute atomic E-state index is 0.373. The Morgan fingerprint density at radius 3 is 2.74 bits per heavy atom. The predicted octanol–water partition coefficient (Wildman–Crippen LogP) is 3.69. The number of hydrogen-bond donors (Lipinski definition) is 0. The highest BCUT2D eigenvalue weighted by Crippen LogP contribution is 2.25. The molecule has 3 nitrogen and oxygen atoms in total. The molecule has 0 saturated carbocycles. The number of rotatable bonds is 2. The van der Waals surface area contributed by atoms with Gasteiger partial charge in [0.1, 0.15) is 5.15 Å². The maximum Gasteiger partial charge on any atom is 0.330 e. The van der Waals surface area contributed by atoms with Crippen molar-refractivity contribution in [1.82, 2.24) is 4.98 Å². The number of benzene rings is 1. The minimum atomic E-state index is -0.420. The largest absolute Gasteiger partial charge is 0.466 e. The van der Waals surface area contributed by atoms with Crippen molar-refractivity contribution in [3.05, 3.63) is 46.1 Å². The van der Waals surface area contributed by atoms with Crippen molar-refractivity contribution in [2.75, 3.05) is 7.11 Å². The van der Waals surface area contributed by atoms with Gasteiger partial charge >= 0.3 is 5.97 Å². The molecule has 1 aromatic heterocycles. The summed E-state index contributed by atoms with van der Waals surface area (Å²) in [4.78, 5) is 15.5. The van der Waals surface area contributed by atoms with Crippen LogP contribution >= 0.6 is 11.6 Å². The molecule has 98 valence electrons. The van der Waals surface area contributed by atoms with Crippen LogP contribution < -0.4 is 0 Å². The van der Waals surface area contributed by atoms with E-state index in [9.17, 15) is 4.79 Å². The molecule has 4 heteroatoms. The normalized spacial score (nSPS) is 11.2. The van der Waals surface area contributed by atoms with E-state index in [-0.39, 0.29) is 0 Å². The van der Waals surface area contributed by atoms with Gasteiger partial charge in [0.25, 0.3) is 0 Å². The van der Waals surface area contributed by atoms with Crippen molar-refractivity contribution >= 4 is 34.5 Å². The first kappa shape index (κ1) is 13.6. The first-order valence-corrected chi connectivity index (χ1v) is 6.22. The lowest BCUT2D eigenvalue weighted by Gasteiger charge is -2.06. The zero-order valence-electron chi connectivity index (χ0n) is 11.0. The van der Waals surface area contributed by atoms with Gasteiger partial charge in [0.05, 0.1) is 12.6 Å². The minimum Gasteiger partial charge on any atom is -0.466 e. The fourth-order valence-corrected chi connectivity index (χ4v) is 2.17. The lowest BCUT2D eigenvalue weighted by molar-refractivity contribution is -0.134. The molecule has 0 saturated heterocycles. The van der Waals surface area contributed by atoms with Gasteiger partial charge in [-0.05, 0) is 43.2 Å². The molecule has 0 atom stereocenters. The molecule has 1 aromatic carbocycles. The standard InChI is InChI=1S/C15H14ClNO2/c1-9-6-10(2)12-8-11(4-5-14(18)19-3)15(16)17-13(12)7-9/h4-8H,1-3H3/b5-4+. The van der Waals surface area contributed by atoms with Gasteiger partial charge in [0.2, 0.25) is 0 Å². The smallest absolute Gasteiger partial charge is 0.330 e. The van der Waals surface area contributed by atoms with Crippen molar-refractivity contribution in [2.45, 2.75) is 13.8 Å². The van der Waals surface area contributed by atoms with E-state index in [1.54, 1.807) is 6.08 Å².